The number of hydrogen-bond donors (Lipinski definition) is 2. The molecule has 19 heavy (non-hydrogen) atoms. The molecule has 0 amide bonds. The number of nitro groups is 1. The van der Waals surface area contributed by atoms with Crippen LogP contribution in [0.3, 0.4) is 0 Å². The van der Waals surface area contributed by atoms with Gasteiger partial charge < -0.3 is 10.4 Å². The van der Waals surface area contributed by atoms with Crippen molar-refractivity contribution in [1.82, 2.24) is 0 Å². The molecule has 0 aliphatic carbocycles. The molecule has 5 nitrogen and oxygen atoms in total. The smallest absolute Gasteiger partial charge is 0.292 e. The van der Waals surface area contributed by atoms with Crippen molar-refractivity contribution in [3.05, 3.63) is 56.8 Å². The van der Waals surface area contributed by atoms with E-state index < -0.39 is 4.92 Å². The number of nitrogens with one attached hydrogen (secondary N) is 1. The van der Waals surface area contributed by atoms with Crippen molar-refractivity contribution < 1.29 is 10.0 Å². The normalized spacial score (nSPS) is 12.1. The van der Waals surface area contributed by atoms with E-state index in [1.807, 2.05) is 17.5 Å². The van der Waals surface area contributed by atoms with Crippen LogP contribution in [0.4, 0.5) is 11.4 Å². The van der Waals surface area contributed by atoms with Gasteiger partial charge in [0.15, 0.2) is 0 Å². The van der Waals surface area contributed by atoms with Crippen LogP contribution < -0.4 is 5.32 Å². The minimum absolute atomic E-state index is 0.0240. The average Bonchev–Trinajstić information content (AvgIpc) is 2.92. The van der Waals surface area contributed by atoms with Gasteiger partial charge in [-0.1, -0.05) is 18.2 Å². The van der Waals surface area contributed by atoms with E-state index in [1.54, 1.807) is 29.5 Å². The third kappa shape index (κ3) is 3.30. The van der Waals surface area contributed by atoms with E-state index in [4.69, 9.17) is 5.11 Å². The number of aliphatic hydroxyl groups is 1. The van der Waals surface area contributed by atoms with Crippen molar-refractivity contribution in [2.45, 2.75) is 12.5 Å². The second-order valence-corrected chi connectivity index (χ2v) is 4.98. The molecule has 6 heteroatoms. The quantitative estimate of drug-likeness (QED) is 0.628. The SMILES string of the molecule is O=[N+]([O-])c1ccccc1NC(CCO)c1cccs1. The molecule has 0 radical (unpaired) electrons. The largest absolute Gasteiger partial charge is 0.396 e. The van der Waals surface area contributed by atoms with Gasteiger partial charge in [0.05, 0.1) is 11.0 Å². The number of benzene rings is 1. The van der Waals surface area contributed by atoms with Crippen molar-refractivity contribution in [3.63, 3.8) is 0 Å². The lowest BCUT2D eigenvalue weighted by Gasteiger charge is -2.17. The zero-order valence-corrected chi connectivity index (χ0v) is 11.0. The molecule has 0 saturated carbocycles. The summed E-state index contributed by atoms with van der Waals surface area (Å²) in [6.07, 6.45) is 0.507. The molecule has 100 valence electrons. The van der Waals surface area contributed by atoms with E-state index in [2.05, 4.69) is 5.32 Å². The van der Waals surface area contributed by atoms with Gasteiger partial charge in [-0.3, -0.25) is 10.1 Å². The number of anilines is 1. The van der Waals surface area contributed by atoms with E-state index in [1.165, 1.54) is 6.07 Å². The van der Waals surface area contributed by atoms with Gasteiger partial charge in [0.25, 0.3) is 5.69 Å². The van der Waals surface area contributed by atoms with Crippen LogP contribution in [0, 0.1) is 10.1 Å². The Morgan fingerprint density at radius 3 is 2.74 bits per heavy atom. The third-order valence-electron chi connectivity index (χ3n) is 2.73. The Labute approximate surface area is 114 Å². The van der Waals surface area contributed by atoms with Gasteiger partial charge in [-0.05, 0) is 23.9 Å². The van der Waals surface area contributed by atoms with Gasteiger partial charge in [-0.15, -0.1) is 11.3 Å². The molecule has 2 N–H and O–H groups in total. The number of para-hydroxylation sites is 2. The highest BCUT2D eigenvalue weighted by Crippen LogP contribution is 2.30. The van der Waals surface area contributed by atoms with Crippen molar-refractivity contribution in [3.8, 4) is 0 Å². The Kier molecular flexibility index (Phi) is 4.48. The fourth-order valence-corrected chi connectivity index (χ4v) is 2.66. The first kappa shape index (κ1) is 13.5. The molecular weight excluding hydrogens is 264 g/mol. The molecule has 0 aliphatic rings. The van der Waals surface area contributed by atoms with Crippen LogP contribution in [0.2, 0.25) is 0 Å². The van der Waals surface area contributed by atoms with Crippen molar-refractivity contribution >= 4 is 22.7 Å². The minimum atomic E-state index is -0.410. The van der Waals surface area contributed by atoms with Gasteiger partial charge in [0, 0.05) is 17.6 Å². The summed E-state index contributed by atoms with van der Waals surface area (Å²) in [5.41, 5.74) is 0.515. The highest BCUT2D eigenvalue weighted by Gasteiger charge is 2.18. The minimum Gasteiger partial charge on any atom is -0.396 e. The number of nitrogens with zero attached hydrogens (tertiary/aromatic N) is 1. The molecule has 2 aromatic rings. The van der Waals surface area contributed by atoms with Crippen LogP contribution in [0.25, 0.3) is 0 Å². The van der Waals surface area contributed by atoms with Crippen LogP contribution in [0.15, 0.2) is 41.8 Å². The Balaban J connectivity index is 2.25. The summed E-state index contributed by atoms with van der Waals surface area (Å²) in [4.78, 5) is 11.6. The zero-order valence-electron chi connectivity index (χ0n) is 10.2. The molecule has 0 fully saturated rings. The number of nitro benzene ring substituents is 1. The molecule has 0 aliphatic heterocycles. The summed E-state index contributed by atoms with van der Waals surface area (Å²) in [5.74, 6) is 0. The van der Waals surface area contributed by atoms with Gasteiger partial charge in [0.2, 0.25) is 0 Å². The average molecular weight is 278 g/mol. The highest BCUT2D eigenvalue weighted by molar-refractivity contribution is 7.10. The topological polar surface area (TPSA) is 75.4 Å². The van der Waals surface area contributed by atoms with Crippen LogP contribution >= 0.6 is 11.3 Å². The number of thiophene rings is 1. The monoisotopic (exact) mass is 278 g/mol. The van der Waals surface area contributed by atoms with Crippen LogP contribution in [0.5, 0.6) is 0 Å². The lowest BCUT2D eigenvalue weighted by molar-refractivity contribution is -0.384. The van der Waals surface area contributed by atoms with Crippen molar-refractivity contribution in [1.29, 1.82) is 0 Å². The van der Waals surface area contributed by atoms with E-state index >= 15 is 0 Å². The number of hydrogen-bond acceptors (Lipinski definition) is 5. The first-order valence-corrected chi connectivity index (χ1v) is 6.74. The summed E-state index contributed by atoms with van der Waals surface area (Å²) < 4.78 is 0. The summed E-state index contributed by atoms with van der Waals surface area (Å²) in [7, 11) is 0. The lowest BCUT2D eigenvalue weighted by atomic mass is 10.1. The van der Waals surface area contributed by atoms with E-state index in [9.17, 15) is 10.1 Å². The maximum Gasteiger partial charge on any atom is 0.292 e. The summed E-state index contributed by atoms with van der Waals surface area (Å²) >= 11 is 1.56. The van der Waals surface area contributed by atoms with Crippen LogP contribution in [-0.4, -0.2) is 16.6 Å². The molecule has 0 bridgehead atoms. The summed E-state index contributed by atoms with van der Waals surface area (Å²) in [5, 5.41) is 25.2. The molecule has 1 unspecified atom stereocenters. The predicted molar refractivity (Wildman–Crippen MR) is 75.5 cm³/mol. The van der Waals surface area contributed by atoms with Gasteiger partial charge >= 0.3 is 0 Å². The standard InChI is InChI=1S/C13H14N2O3S/c16-8-7-11(13-6-3-9-19-13)14-10-4-1-2-5-12(10)15(17)18/h1-6,9,11,14,16H,7-8H2. The number of rotatable bonds is 6. The Morgan fingerprint density at radius 1 is 1.32 bits per heavy atom. The highest BCUT2D eigenvalue weighted by atomic mass is 32.1. The lowest BCUT2D eigenvalue weighted by Crippen LogP contribution is -2.12. The molecule has 0 saturated heterocycles. The molecule has 1 aromatic heterocycles. The third-order valence-corrected chi connectivity index (χ3v) is 3.72. The molecule has 1 atom stereocenters. The molecule has 1 aromatic carbocycles. The van der Waals surface area contributed by atoms with Gasteiger partial charge in [-0.25, -0.2) is 0 Å². The van der Waals surface area contributed by atoms with Gasteiger partial charge in [0.1, 0.15) is 5.69 Å². The second kappa shape index (κ2) is 6.31. The Bertz CT molecular complexity index is 543. The van der Waals surface area contributed by atoms with E-state index in [-0.39, 0.29) is 18.3 Å². The summed E-state index contributed by atoms with van der Waals surface area (Å²) in [6, 6.07) is 10.3. The summed E-state index contributed by atoms with van der Waals surface area (Å²) in [6.45, 7) is 0.0240. The molecule has 1 heterocycles. The maximum absolute atomic E-state index is 11.0. The van der Waals surface area contributed by atoms with E-state index in [0.717, 1.165) is 4.88 Å². The molecule has 0 spiro atoms. The zero-order chi connectivity index (χ0) is 13.7. The first-order chi connectivity index (χ1) is 9.22. The Morgan fingerprint density at radius 2 is 2.11 bits per heavy atom. The fraction of sp³-hybridized carbons (Fsp3) is 0.231. The Hall–Kier alpha value is -1.92. The van der Waals surface area contributed by atoms with Crippen LogP contribution in [-0.2, 0) is 0 Å². The molecular formula is C13H14N2O3S. The predicted octanol–water partition coefficient (Wildman–Crippen LogP) is 3.19. The second-order valence-electron chi connectivity index (χ2n) is 4.00. The van der Waals surface area contributed by atoms with Crippen LogP contribution in [0.1, 0.15) is 17.3 Å². The molecule has 2 rings (SSSR count). The van der Waals surface area contributed by atoms with Crippen molar-refractivity contribution in [2.24, 2.45) is 0 Å². The van der Waals surface area contributed by atoms with Crippen molar-refractivity contribution in [2.75, 3.05) is 11.9 Å². The van der Waals surface area contributed by atoms with E-state index in [0.29, 0.717) is 12.1 Å². The maximum atomic E-state index is 11.0. The van der Waals surface area contributed by atoms with Gasteiger partial charge in [-0.2, -0.15) is 0 Å². The first-order valence-electron chi connectivity index (χ1n) is 5.86. The number of aliphatic hydroxyl groups excluding tert-OH is 1. The fourth-order valence-electron chi connectivity index (χ4n) is 1.85.